The van der Waals surface area contributed by atoms with Gasteiger partial charge >= 0.3 is 0 Å². The molecule has 2 nitrogen and oxygen atoms in total. The Morgan fingerprint density at radius 2 is 1.93 bits per heavy atom. The van der Waals surface area contributed by atoms with Crippen LogP contribution in [0.3, 0.4) is 0 Å². The first-order chi connectivity index (χ1) is 7.22. The molecular formula is C13H26N2. The van der Waals surface area contributed by atoms with Gasteiger partial charge in [0.25, 0.3) is 0 Å². The van der Waals surface area contributed by atoms with Gasteiger partial charge in [0.15, 0.2) is 0 Å². The Morgan fingerprint density at radius 1 is 1.13 bits per heavy atom. The van der Waals surface area contributed by atoms with Gasteiger partial charge in [-0.3, -0.25) is 4.90 Å². The summed E-state index contributed by atoms with van der Waals surface area (Å²) in [4.78, 5) is 2.73. The maximum absolute atomic E-state index is 5.87. The maximum Gasteiger partial charge on any atom is 0.0136 e. The second kappa shape index (κ2) is 4.84. The third-order valence-electron chi connectivity index (χ3n) is 4.76. The van der Waals surface area contributed by atoms with Crippen LogP contribution in [0, 0.1) is 17.8 Å². The fourth-order valence-electron chi connectivity index (χ4n) is 3.37. The fraction of sp³-hybridized carbons (Fsp3) is 1.00. The van der Waals surface area contributed by atoms with Crippen LogP contribution < -0.4 is 5.73 Å². The average Bonchev–Trinajstić information content (AvgIpc) is 2.70. The number of piperidine rings is 1. The van der Waals surface area contributed by atoms with Crippen LogP contribution in [0.5, 0.6) is 0 Å². The first-order valence-electron chi connectivity index (χ1n) is 6.66. The van der Waals surface area contributed by atoms with E-state index in [0.717, 1.165) is 30.3 Å². The van der Waals surface area contributed by atoms with Gasteiger partial charge in [0, 0.05) is 12.6 Å². The molecule has 2 aliphatic rings. The molecule has 1 heterocycles. The van der Waals surface area contributed by atoms with Crippen LogP contribution in [0.25, 0.3) is 0 Å². The summed E-state index contributed by atoms with van der Waals surface area (Å²) in [5.74, 6) is 2.57. The number of nitrogens with two attached hydrogens (primary N) is 1. The molecule has 0 bridgehead atoms. The van der Waals surface area contributed by atoms with Crippen molar-refractivity contribution in [2.24, 2.45) is 23.5 Å². The van der Waals surface area contributed by atoms with E-state index in [-0.39, 0.29) is 0 Å². The minimum Gasteiger partial charge on any atom is -0.330 e. The lowest BCUT2D eigenvalue weighted by molar-refractivity contribution is 0.0786. The monoisotopic (exact) mass is 210 g/mol. The Bertz CT molecular complexity index is 205. The van der Waals surface area contributed by atoms with Crippen molar-refractivity contribution in [2.45, 2.75) is 45.6 Å². The summed E-state index contributed by atoms with van der Waals surface area (Å²) in [5.41, 5.74) is 5.87. The predicted octanol–water partition coefficient (Wildman–Crippen LogP) is 2.09. The van der Waals surface area contributed by atoms with E-state index in [9.17, 15) is 0 Å². The van der Waals surface area contributed by atoms with Crippen molar-refractivity contribution >= 4 is 0 Å². The van der Waals surface area contributed by atoms with Crippen LogP contribution in [0.2, 0.25) is 0 Å². The lowest BCUT2D eigenvalue weighted by Gasteiger charge is -2.40. The van der Waals surface area contributed by atoms with Crippen molar-refractivity contribution in [3.63, 3.8) is 0 Å². The zero-order chi connectivity index (χ0) is 10.8. The summed E-state index contributed by atoms with van der Waals surface area (Å²) >= 11 is 0. The lowest BCUT2D eigenvalue weighted by Crippen LogP contribution is -2.47. The smallest absolute Gasteiger partial charge is 0.0136 e. The Hall–Kier alpha value is -0.0800. The summed E-state index contributed by atoms with van der Waals surface area (Å²) in [6.07, 6.45) is 5.53. The SMILES string of the molecule is CC1CCN(C2CCCC2CN)CC1C. The quantitative estimate of drug-likeness (QED) is 0.756. The number of nitrogens with zero attached hydrogens (tertiary/aromatic N) is 1. The third-order valence-corrected chi connectivity index (χ3v) is 4.76. The van der Waals surface area contributed by atoms with E-state index in [1.54, 1.807) is 0 Å². The Kier molecular flexibility index (Phi) is 3.68. The van der Waals surface area contributed by atoms with Crippen LogP contribution in [-0.2, 0) is 0 Å². The molecular weight excluding hydrogens is 184 g/mol. The number of hydrogen-bond acceptors (Lipinski definition) is 2. The lowest BCUT2D eigenvalue weighted by atomic mass is 9.87. The van der Waals surface area contributed by atoms with Gasteiger partial charge in [0.05, 0.1) is 0 Å². The van der Waals surface area contributed by atoms with Gasteiger partial charge < -0.3 is 5.73 Å². The molecule has 0 aromatic heterocycles. The van der Waals surface area contributed by atoms with Crippen molar-refractivity contribution < 1.29 is 0 Å². The van der Waals surface area contributed by atoms with E-state index in [1.807, 2.05) is 0 Å². The molecule has 0 aromatic carbocycles. The van der Waals surface area contributed by atoms with E-state index in [4.69, 9.17) is 5.73 Å². The first kappa shape index (κ1) is 11.4. The highest BCUT2D eigenvalue weighted by Crippen LogP contribution is 2.33. The minimum absolute atomic E-state index is 0.783. The molecule has 15 heavy (non-hydrogen) atoms. The Balaban J connectivity index is 1.93. The number of rotatable bonds is 2. The van der Waals surface area contributed by atoms with Gasteiger partial charge in [0.1, 0.15) is 0 Å². The van der Waals surface area contributed by atoms with Crippen LogP contribution in [0.1, 0.15) is 39.5 Å². The van der Waals surface area contributed by atoms with Crippen LogP contribution in [-0.4, -0.2) is 30.6 Å². The molecule has 1 aliphatic carbocycles. The molecule has 0 radical (unpaired) electrons. The number of likely N-dealkylation sites (tertiary alicyclic amines) is 1. The maximum atomic E-state index is 5.87. The van der Waals surface area contributed by atoms with Crippen molar-refractivity contribution in [3.05, 3.63) is 0 Å². The van der Waals surface area contributed by atoms with Crippen LogP contribution in [0.4, 0.5) is 0 Å². The van der Waals surface area contributed by atoms with Crippen molar-refractivity contribution in [1.29, 1.82) is 0 Å². The normalized spacial score (nSPS) is 43.4. The van der Waals surface area contributed by atoms with Gasteiger partial charge in [-0.25, -0.2) is 0 Å². The molecule has 1 saturated carbocycles. The van der Waals surface area contributed by atoms with Crippen molar-refractivity contribution in [3.8, 4) is 0 Å². The highest BCUT2D eigenvalue weighted by molar-refractivity contribution is 4.89. The molecule has 2 N–H and O–H groups in total. The van der Waals surface area contributed by atoms with E-state index < -0.39 is 0 Å². The molecule has 1 aliphatic heterocycles. The van der Waals surface area contributed by atoms with Crippen molar-refractivity contribution in [2.75, 3.05) is 19.6 Å². The highest BCUT2D eigenvalue weighted by atomic mass is 15.2. The van der Waals surface area contributed by atoms with E-state index in [0.29, 0.717) is 0 Å². The summed E-state index contributed by atoms with van der Waals surface area (Å²) in [6, 6.07) is 0.810. The zero-order valence-corrected chi connectivity index (χ0v) is 10.3. The topological polar surface area (TPSA) is 29.3 Å². The van der Waals surface area contributed by atoms with Crippen LogP contribution >= 0.6 is 0 Å². The van der Waals surface area contributed by atoms with Gasteiger partial charge in [-0.05, 0) is 50.1 Å². The second-order valence-electron chi connectivity index (χ2n) is 5.73. The summed E-state index contributed by atoms with van der Waals surface area (Å²) in [5, 5.41) is 0. The average molecular weight is 210 g/mol. The van der Waals surface area contributed by atoms with E-state index in [1.165, 1.54) is 38.8 Å². The molecule has 88 valence electrons. The third kappa shape index (κ3) is 2.36. The molecule has 2 rings (SSSR count). The summed E-state index contributed by atoms with van der Waals surface area (Å²) < 4.78 is 0. The highest BCUT2D eigenvalue weighted by Gasteiger charge is 2.34. The predicted molar refractivity (Wildman–Crippen MR) is 64.7 cm³/mol. The van der Waals surface area contributed by atoms with Gasteiger partial charge in [-0.15, -0.1) is 0 Å². The molecule has 0 spiro atoms. The van der Waals surface area contributed by atoms with Crippen molar-refractivity contribution in [1.82, 2.24) is 4.90 Å². The van der Waals surface area contributed by atoms with Crippen LogP contribution in [0.15, 0.2) is 0 Å². The molecule has 4 unspecified atom stereocenters. The van der Waals surface area contributed by atoms with Gasteiger partial charge in [-0.2, -0.15) is 0 Å². The second-order valence-corrected chi connectivity index (χ2v) is 5.73. The standard InChI is InChI=1S/C13H26N2/c1-10-6-7-15(9-11(10)2)13-5-3-4-12(13)8-14/h10-13H,3-9,14H2,1-2H3. The van der Waals surface area contributed by atoms with E-state index in [2.05, 4.69) is 18.7 Å². The van der Waals surface area contributed by atoms with Gasteiger partial charge in [0.2, 0.25) is 0 Å². The van der Waals surface area contributed by atoms with Gasteiger partial charge in [-0.1, -0.05) is 20.3 Å². The Morgan fingerprint density at radius 3 is 2.60 bits per heavy atom. The molecule has 4 atom stereocenters. The molecule has 0 aromatic rings. The fourth-order valence-corrected chi connectivity index (χ4v) is 3.37. The zero-order valence-electron chi connectivity index (χ0n) is 10.3. The van der Waals surface area contributed by atoms with E-state index >= 15 is 0 Å². The molecule has 1 saturated heterocycles. The summed E-state index contributed by atoms with van der Waals surface area (Å²) in [7, 11) is 0. The minimum atomic E-state index is 0.783. The summed E-state index contributed by atoms with van der Waals surface area (Å²) in [6.45, 7) is 8.32. The molecule has 2 fully saturated rings. The number of hydrogen-bond donors (Lipinski definition) is 1. The molecule has 2 heteroatoms. The largest absolute Gasteiger partial charge is 0.330 e. The first-order valence-corrected chi connectivity index (χ1v) is 6.66. The molecule has 0 amide bonds. The Labute approximate surface area is 94.2 Å².